The minimum atomic E-state index is -4.29. The smallest absolute Gasteiger partial charge is 0.305 e. The van der Waals surface area contributed by atoms with Crippen LogP contribution < -0.4 is 5.32 Å². The lowest BCUT2D eigenvalue weighted by Gasteiger charge is -2.31. The van der Waals surface area contributed by atoms with Crippen molar-refractivity contribution in [2.75, 3.05) is 25.4 Å². The van der Waals surface area contributed by atoms with Crippen LogP contribution in [0.3, 0.4) is 0 Å². The highest BCUT2D eigenvalue weighted by Crippen LogP contribution is 2.31. The number of nitrogens with zero attached hydrogens (tertiary/aromatic N) is 1. The second-order valence-corrected chi connectivity index (χ2v) is 8.41. The molecule has 25 heavy (non-hydrogen) atoms. The Morgan fingerprint density at radius 3 is 2.44 bits per heavy atom. The van der Waals surface area contributed by atoms with Crippen molar-refractivity contribution in [2.24, 2.45) is 0 Å². The molecule has 1 aromatic carbocycles. The molecule has 142 valence electrons. The summed E-state index contributed by atoms with van der Waals surface area (Å²) in [4.78, 5) is 0. The van der Waals surface area contributed by atoms with Gasteiger partial charge in [-0.05, 0) is 42.9 Å². The zero-order chi connectivity index (χ0) is 18.7. The predicted octanol–water partition coefficient (Wildman–Crippen LogP) is 3.01. The van der Waals surface area contributed by atoms with E-state index >= 15 is 0 Å². The standard InChI is InChI=1S/C16H22F4N2O2S/c1-2-25(23,24)22-7-5-13(6-8-22)14-9-12(3-4-15(14)17)10-21-11-16(18,19)20/h3-4,9,13,21H,2,5-8,10-11H2,1H3. The first-order chi connectivity index (χ1) is 11.6. The highest BCUT2D eigenvalue weighted by atomic mass is 32.2. The van der Waals surface area contributed by atoms with Gasteiger partial charge in [-0.2, -0.15) is 13.2 Å². The average Bonchev–Trinajstić information content (AvgIpc) is 2.55. The van der Waals surface area contributed by atoms with Gasteiger partial charge >= 0.3 is 6.18 Å². The third-order valence-electron chi connectivity index (χ3n) is 4.37. The zero-order valence-corrected chi connectivity index (χ0v) is 14.8. The summed E-state index contributed by atoms with van der Waals surface area (Å²) in [6, 6.07) is 4.29. The van der Waals surface area contributed by atoms with E-state index in [1.54, 1.807) is 13.0 Å². The lowest BCUT2D eigenvalue weighted by atomic mass is 9.89. The molecule has 0 amide bonds. The first-order valence-electron chi connectivity index (χ1n) is 8.16. The Kier molecular flexibility index (Phi) is 6.45. The van der Waals surface area contributed by atoms with E-state index in [2.05, 4.69) is 5.32 Å². The number of sulfonamides is 1. The van der Waals surface area contributed by atoms with E-state index < -0.39 is 28.6 Å². The molecule has 4 nitrogen and oxygen atoms in total. The van der Waals surface area contributed by atoms with E-state index in [0.717, 1.165) is 0 Å². The maximum Gasteiger partial charge on any atom is 0.401 e. The summed E-state index contributed by atoms with van der Waals surface area (Å²) in [5, 5.41) is 2.29. The van der Waals surface area contributed by atoms with Crippen LogP contribution >= 0.6 is 0 Å². The second kappa shape index (κ2) is 8.01. The molecule has 0 unspecified atom stereocenters. The van der Waals surface area contributed by atoms with Crippen LogP contribution in [0.2, 0.25) is 0 Å². The maximum absolute atomic E-state index is 14.1. The van der Waals surface area contributed by atoms with E-state index in [-0.39, 0.29) is 18.2 Å². The van der Waals surface area contributed by atoms with Crippen molar-refractivity contribution in [3.63, 3.8) is 0 Å². The summed E-state index contributed by atoms with van der Waals surface area (Å²) in [6.45, 7) is 1.13. The summed E-state index contributed by atoms with van der Waals surface area (Å²) < 4.78 is 75.8. The second-order valence-electron chi connectivity index (χ2n) is 6.15. The third-order valence-corrected chi connectivity index (χ3v) is 6.25. The lowest BCUT2D eigenvalue weighted by Crippen LogP contribution is -2.38. The van der Waals surface area contributed by atoms with E-state index in [0.29, 0.717) is 37.1 Å². The summed E-state index contributed by atoms with van der Waals surface area (Å²) in [5.41, 5.74) is 1.02. The van der Waals surface area contributed by atoms with Crippen LogP contribution in [0, 0.1) is 5.82 Å². The van der Waals surface area contributed by atoms with Crippen molar-refractivity contribution >= 4 is 10.0 Å². The molecule has 1 aromatic rings. The quantitative estimate of drug-likeness (QED) is 0.770. The van der Waals surface area contributed by atoms with Crippen LogP contribution in [0.25, 0.3) is 0 Å². The molecule has 0 atom stereocenters. The van der Waals surface area contributed by atoms with Crippen molar-refractivity contribution < 1.29 is 26.0 Å². The number of hydrogen-bond donors (Lipinski definition) is 1. The van der Waals surface area contributed by atoms with Crippen LogP contribution in [0.1, 0.15) is 36.8 Å². The first kappa shape index (κ1) is 20.1. The molecule has 1 heterocycles. The van der Waals surface area contributed by atoms with Gasteiger partial charge in [0.05, 0.1) is 12.3 Å². The molecule has 2 rings (SSSR count). The molecule has 0 saturated carbocycles. The highest BCUT2D eigenvalue weighted by molar-refractivity contribution is 7.89. The van der Waals surface area contributed by atoms with Crippen LogP contribution in [-0.4, -0.2) is 44.3 Å². The molecule has 0 radical (unpaired) electrons. The summed E-state index contributed by atoms with van der Waals surface area (Å²) in [5.74, 6) is -0.505. The Balaban J connectivity index is 2.01. The van der Waals surface area contributed by atoms with E-state index in [9.17, 15) is 26.0 Å². The molecule has 1 fully saturated rings. The van der Waals surface area contributed by atoms with Gasteiger partial charge in [0, 0.05) is 19.6 Å². The van der Waals surface area contributed by atoms with Crippen LogP contribution in [0.4, 0.5) is 17.6 Å². The molecule has 0 spiro atoms. The fraction of sp³-hybridized carbons (Fsp3) is 0.625. The number of nitrogens with one attached hydrogen (secondary N) is 1. The molecule has 1 aliphatic heterocycles. The Labute approximate surface area is 145 Å². The Morgan fingerprint density at radius 2 is 1.88 bits per heavy atom. The van der Waals surface area contributed by atoms with E-state index in [4.69, 9.17) is 0 Å². The molecule has 1 N–H and O–H groups in total. The molecular weight excluding hydrogens is 360 g/mol. The van der Waals surface area contributed by atoms with Gasteiger partial charge in [-0.1, -0.05) is 12.1 Å². The number of piperidine rings is 1. The molecule has 1 saturated heterocycles. The summed E-state index contributed by atoms with van der Waals surface area (Å²) >= 11 is 0. The van der Waals surface area contributed by atoms with Crippen molar-refractivity contribution in [1.82, 2.24) is 9.62 Å². The van der Waals surface area contributed by atoms with Gasteiger partial charge in [0.1, 0.15) is 5.82 Å². The van der Waals surface area contributed by atoms with Crippen LogP contribution in [0.5, 0.6) is 0 Å². The number of hydrogen-bond acceptors (Lipinski definition) is 3. The van der Waals surface area contributed by atoms with E-state index in [1.165, 1.54) is 16.4 Å². The fourth-order valence-electron chi connectivity index (χ4n) is 2.99. The Bertz CT molecular complexity index is 684. The fourth-order valence-corrected chi connectivity index (χ4v) is 4.12. The monoisotopic (exact) mass is 382 g/mol. The average molecular weight is 382 g/mol. The Morgan fingerprint density at radius 1 is 1.24 bits per heavy atom. The van der Waals surface area contributed by atoms with Crippen molar-refractivity contribution in [3.05, 3.63) is 35.1 Å². The van der Waals surface area contributed by atoms with Crippen LogP contribution in [-0.2, 0) is 16.6 Å². The molecule has 0 aromatic heterocycles. The van der Waals surface area contributed by atoms with Crippen LogP contribution in [0.15, 0.2) is 18.2 Å². The molecule has 9 heteroatoms. The number of halogens is 4. The largest absolute Gasteiger partial charge is 0.401 e. The molecule has 0 aliphatic carbocycles. The third kappa shape index (κ3) is 5.65. The van der Waals surface area contributed by atoms with Gasteiger partial charge in [0.15, 0.2) is 0 Å². The van der Waals surface area contributed by atoms with Crippen molar-refractivity contribution in [1.29, 1.82) is 0 Å². The molecule has 1 aliphatic rings. The van der Waals surface area contributed by atoms with Gasteiger partial charge in [0.2, 0.25) is 10.0 Å². The summed E-state index contributed by atoms with van der Waals surface area (Å²) in [6.07, 6.45) is -3.30. The molecular formula is C16H22F4N2O2S. The Hall–Kier alpha value is -1.19. The van der Waals surface area contributed by atoms with Crippen molar-refractivity contribution in [3.8, 4) is 0 Å². The topological polar surface area (TPSA) is 49.4 Å². The number of alkyl halides is 3. The van der Waals surface area contributed by atoms with Gasteiger partial charge < -0.3 is 5.32 Å². The minimum absolute atomic E-state index is 0.00412. The van der Waals surface area contributed by atoms with Gasteiger partial charge in [-0.3, -0.25) is 0 Å². The number of rotatable bonds is 6. The maximum atomic E-state index is 14.1. The van der Waals surface area contributed by atoms with Crippen molar-refractivity contribution in [2.45, 2.75) is 38.4 Å². The predicted molar refractivity (Wildman–Crippen MR) is 87.2 cm³/mol. The van der Waals surface area contributed by atoms with Gasteiger partial charge in [-0.25, -0.2) is 17.1 Å². The first-order valence-corrected chi connectivity index (χ1v) is 9.77. The lowest BCUT2D eigenvalue weighted by molar-refractivity contribution is -0.125. The van der Waals surface area contributed by atoms with Gasteiger partial charge in [0.25, 0.3) is 0 Å². The van der Waals surface area contributed by atoms with E-state index in [1.807, 2.05) is 0 Å². The SMILES string of the molecule is CCS(=O)(=O)N1CCC(c2cc(CNCC(F)(F)F)ccc2F)CC1. The normalized spacial score (nSPS) is 17.8. The molecule has 0 bridgehead atoms. The number of benzene rings is 1. The van der Waals surface area contributed by atoms with Gasteiger partial charge in [-0.15, -0.1) is 0 Å². The summed E-state index contributed by atoms with van der Waals surface area (Å²) in [7, 11) is -3.25. The highest BCUT2D eigenvalue weighted by Gasteiger charge is 2.29. The zero-order valence-electron chi connectivity index (χ0n) is 13.9. The minimum Gasteiger partial charge on any atom is -0.305 e.